The van der Waals surface area contributed by atoms with Crippen LogP contribution in [0.4, 0.5) is 0 Å². The van der Waals surface area contributed by atoms with Gasteiger partial charge >= 0.3 is 0 Å². The maximum absolute atomic E-state index is 13.8. The summed E-state index contributed by atoms with van der Waals surface area (Å²) in [6.07, 6.45) is 3.93. The molecule has 0 aliphatic heterocycles. The van der Waals surface area contributed by atoms with E-state index in [1.54, 1.807) is 25.1 Å². The second-order valence-corrected chi connectivity index (χ2v) is 8.70. The summed E-state index contributed by atoms with van der Waals surface area (Å²) in [5.74, 6) is 5.19. The van der Waals surface area contributed by atoms with E-state index in [-0.39, 0.29) is 5.91 Å². The maximum Gasteiger partial charge on any atom is 0.296 e. The highest BCUT2D eigenvalue weighted by molar-refractivity contribution is 5.97. The topological polar surface area (TPSA) is 90.6 Å². The lowest BCUT2D eigenvalue weighted by atomic mass is 10.0. The molecule has 0 aliphatic rings. The number of hydrogen-bond acceptors (Lipinski definition) is 5. The van der Waals surface area contributed by atoms with Crippen LogP contribution in [0.1, 0.15) is 18.1 Å². The molecule has 8 nitrogen and oxygen atoms in total. The maximum atomic E-state index is 13.8. The number of carbonyl (C=O) groups is 2. The highest BCUT2D eigenvalue weighted by Gasteiger charge is 2.26. The van der Waals surface area contributed by atoms with Gasteiger partial charge in [0, 0.05) is 37.8 Å². The van der Waals surface area contributed by atoms with Crippen LogP contribution in [-0.4, -0.2) is 72.1 Å². The van der Waals surface area contributed by atoms with E-state index in [0.717, 1.165) is 28.0 Å². The van der Waals surface area contributed by atoms with Crippen LogP contribution in [-0.2, 0) is 22.6 Å². The van der Waals surface area contributed by atoms with Crippen molar-refractivity contribution in [3.05, 3.63) is 72.1 Å². The Kier molecular flexibility index (Phi) is 9.66. The first kappa shape index (κ1) is 26.5. The first-order valence-electron chi connectivity index (χ1n) is 11.8. The predicted octanol–water partition coefficient (Wildman–Crippen LogP) is 2.73. The molecule has 2 N–H and O–H groups in total. The number of ether oxygens (including phenoxy) is 1. The normalized spacial score (nSPS) is 11.4. The molecule has 36 heavy (non-hydrogen) atoms. The van der Waals surface area contributed by atoms with Gasteiger partial charge < -0.3 is 19.9 Å². The Bertz CT molecular complexity index is 1190. The van der Waals surface area contributed by atoms with Crippen LogP contribution in [0.15, 0.2) is 60.9 Å². The van der Waals surface area contributed by atoms with Gasteiger partial charge in [0.05, 0.1) is 13.3 Å². The molecule has 0 fully saturated rings. The van der Waals surface area contributed by atoms with Gasteiger partial charge in [0.15, 0.2) is 0 Å². The molecule has 0 radical (unpaired) electrons. The van der Waals surface area contributed by atoms with E-state index >= 15 is 0 Å². The molecule has 0 saturated heterocycles. The molecular formula is C28H33N5O3. The van der Waals surface area contributed by atoms with Gasteiger partial charge in [-0.05, 0) is 55.8 Å². The van der Waals surface area contributed by atoms with Crippen molar-refractivity contribution in [1.29, 1.82) is 0 Å². The van der Waals surface area contributed by atoms with Crippen LogP contribution in [0.5, 0.6) is 5.75 Å². The monoisotopic (exact) mass is 487 g/mol. The van der Waals surface area contributed by atoms with Gasteiger partial charge in [-0.3, -0.25) is 14.7 Å². The molecule has 1 heterocycles. The summed E-state index contributed by atoms with van der Waals surface area (Å²) < 4.78 is 5.35. The van der Waals surface area contributed by atoms with E-state index in [4.69, 9.17) is 4.74 Å². The fourth-order valence-electron chi connectivity index (χ4n) is 3.79. The lowest BCUT2D eigenvalue weighted by Crippen LogP contribution is -2.50. The van der Waals surface area contributed by atoms with Crippen molar-refractivity contribution < 1.29 is 14.3 Å². The second kappa shape index (κ2) is 13.1. The summed E-state index contributed by atoms with van der Waals surface area (Å²) in [7, 11) is 5.55. The molecule has 2 amide bonds. The SMILES string of the molecule is CC#CC(=O)N[C@H](Cc1ccc(-c2cn[nH]c2)cc1)C(=O)N(CCN(C)C)Cc1cccc(OC)c1. The van der Waals surface area contributed by atoms with Crippen molar-refractivity contribution in [3.63, 3.8) is 0 Å². The molecule has 3 rings (SSSR count). The largest absolute Gasteiger partial charge is 0.497 e. The van der Waals surface area contributed by atoms with Crippen LogP contribution < -0.4 is 10.1 Å². The van der Waals surface area contributed by atoms with Crippen molar-refractivity contribution >= 4 is 11.8 Å². The Morgan fingerprint density at radius 2 is 1.86 bits per heavy atom. The average molecular weight is 488 g/mol. The minimum atomic E-state index is -0.758. The number of benzene rings is 2. The molecule has 1 atom stereocenters. The third-order valence-electron chi connectivity index (χ3n) is 5.70. The number of H-pyrrole nitrogens is 1. The fraction of sp³-hybridized carbons (Fsp3) is 0.321. The van der Waals surface area contributed by atoms with E-state index in [1.807, 2.05) is 73.7 Å². The van der Waals surface area contributed by atoms with Crippen LogP contribution in [0.3, 0.4) is 0 Å². The summed E-state index contributed by atoms with van der Waals surface area (Å²) in [6.45, 7) is 3.19. The van der Waals surface area contributed by atoms with Gasteiger partial charge in [0.25, 0.3) is 5.91 Å². The lowest BCUT2D eigenvalue weighted by molar-refractivity contribution is -0.136. The second-order valence-electron chi connectivity index (χ2n) is 8.70. The molecular weight excluding hydrogens is 454 g/mol. The Morgan fingerprint density at radius 3 is 2.50 bits per heavy atom. The molecule has 2 aromatic carbocycles. The van der Waals surface area contributed by atoms with E-state index < -0.39 is 11.9 Å². The number of aromatic nitrogens is 2. The molecule has 8 heteroatoms. The lowest BCUT2D eigenvalue weighted by Gasteiger charge is -2.29. The summed E-state index contributed by atoms with van der Waals surface area (Å²) in [5.41, 5.74) is 3.87. The smallest absolute Gasteiger partial charge is 0.296 e. The molecule has 0 bridgehead atoms. The molecule has 0 aliphatic carbocycles. The van der Waals surface area contributed by atoms with Crippen LogP contribution in [0.25, 0.3) is 11.1 Å². The average Bonchev–Trinajstić information content (AvgIpc) is 3.41. The van der Waals surface area contributed by atoms with Gasteiger partial charge in [-0.15, -0.1) is 0 Å². The van der Waals surface area contributed by atoms with Gasteiger partial charge in [-0.2, -0.15) is 5.10 Å². The van der Waals surface area contributed by atoms with Crippen LogP contribution in [0, 0.1) is 11.8 Å². The zero-order chi connectivity index (χ0) is 25.9. The van der Waals surface area contributed by atoms with E-state index in [9.17, 15) is 9.59 Å². The first-order chi connectivity index (χ1) is 17.4. The zero-order valence-corrected chi connectivity index (χ0v) is 21.2. The summed E-state index contributed by atoms with van der Waals surface area (Å²) in [5, 5.41) is 9.63. The number of nitrogens with one attached hydrogen (secondary N) is 2. The van der Waals surface area contributed by atoms with Crippen molar-refractivity contribution in [1.82, 2.24) is 25.3 Å². The third-order valence-corrected chi connectivity index (χ3v) is 5.70. The molecule has 0 spiro atoms. The summed E-state index contributed by atoms with van der Waals surface area (Å²) >= 11 is 0. The first-order valence-corrected chi connectivity index (χ1v) is 11.8. The minimum Gasteiger partial charge on any atom is -0.497 e. The third kappa shape index (κ3) is 7.72. The number of aromatic amines is 1. The Labute approximate surface area is 212 Å². The van der Waals surface area contributed by atoms with Crippen LogP contribution >= 0.6 is 0 Å². The number of amides is 2. The standard InChI is InChI=1S/C28H33N5O3/c1-5-7-27(34)31-26(17-21-10-12-23(13-11-21)24-18-29-30-19-24)28(35)33(15-14-32(2)3)20-22-8-6-9-25(16-22)36-4/h6,8-13,16,18-19,26H,14-15,17,20H2,1-4H3,(H,29,30)(H,31,34)/t26-/m1/s1. The van der Waals surface area contributed by atoms with E-state index in [1.165, 1.54) is 0 Å². The number of rotatable bonds is 11. The quantitative estimate of drug-likeness (QED) is 0.406. The molecule has 0 saturated carbocycles. The predicted molar refractivity (Wildman–Crippen MR) is 140 cm³/mol. The van der Waals surface area contributed by atoms with E-state index in [0.29, 0.717) is 26.1 Å². The molecule has 3 aromatic rings. The van der Waals surface area contributed by atoms with Crippen molar-refractivity contribution in [2.45, 2.75) is 25.9 Å². The number of hydrogen-bond donors (Lipinski definition) is 2. The number of nitrogens with zero attached hydrogens (tertiary/aromatic N) is 3. The minimum absolute atomic E-state index is 0.162. The molecule has 0 unspecified atom stereocenters. The summed E-state index contributed by atoms with van der Waals surface area (Å²) in [4.78, 5) is 30.0. The zero-order valence-electron chi connectivity index (χ0n) is 21.2. The van der Waals surface area contributed by atoms with Crippen molar-refractivity contribution in [2.75, 3.05) is 34.3 Å². The Morgan fingerprint density at radius 1 is 1.08 bits per heavy atom. The Balaban J connectivity index is 1.84. The number of likely N-dealkylation sites (N-methyl/N-ethyl adjacent to an activating group) is 1. The highest BCUT2D eigenvalue weighted by Crippen LogP contribution is 2.20. The number of methoxy groups -OCH3 is 1. The van der Waals surface area contributed by atoms with Gasteiger partial charge in [0.2, 0.25) is 5.91 Å². The molecule has 1 aromatic heterocycles. The Hall–Kier alpha value is -4.09. The summed E-state index contributed by atoms with van der Waals surface area (Å²) in [6, 6.07) is 14.8. The highest BCUT2D eigenvalue weighted by atomic mass is 16.5. The van der Waals surface area contributed by atoms with Crippen LogP contribution in [0.2, 0.25) is 0 Å². The van der Waals surface area contributed by atoms with Gasteiger partial charge in [-0.1, -0.05) is 42.3 Å². The fourth-order valence-corrected chi connectivity index (χ4v) is 3.79. The number of carbonyl (C=O) groups excluding carboxylic acids is 2. The van der Waals surface area contributed by atoms with Crippen molar-refractivity contribution in [3.8, 4) is 28.7 Å². The van der Waals surface area contributed by atoms with Crippen molar-refractivity contribution in [2.24, 2.45) is 0 Å². The van der Waals surface area contributed by atoms with Gasteiger partial charge in [-0.25, -0.2) is 0 Å². The van der Waals surface area contributed by atoms with E-state index in [2.05, 4.69) is 27.4 Å². The van der Waals surface area contributed by atoms with Gasteiger partial charge in [0.1, 0.15) is 11.8 Å². The molecule has 188 valence electrons.